The van der Waals surface area contributed by atoms with Crippen LogP contribution < -0.4 is 5.73 Å². The first-order chi connectivity index (χ1) is 8.97. The Morgan fingerprint density at radius 2 is 1.95 bits per heavy atom. The van der Waals surface area contributed by atoms with E-state index in [1.807, 2.05) is 32.7 Å². The summed E-state index contributed by atoms with van der Waals surface area (Å²) in [7, 11) is 1.90. The van der Waals surface area contributed by atoms with Crippen molar-refractivity contribution >= 4 is 12.3 Å². The predicted molar refractivity (Wildman–Crippen MR) is 78.2 cm³/mol. The van der Waals surface area contributed by atoms with Gasteiger partial charge in [0.05, 0.1) is 6.04 Å². The van der Waals surface area contributed by atoms with E-state index in [-0.39, 0.29) is 12.1 Å². The van der Waals surface area contributed by atoms with E-state index >= 15 is 0 Å². The fraction of sp³-hybridized carbons (Fsp3) is 0.857. The molecule has 3 atom stereocenters. The number of rotatable bonds is 4. The normalized spacial score (nSPS) is 23.5. The Balaban J connectivity index is 0. The number of nitrogens with two attached hydrogens (primary N) is 1. The minimum Gasteiger partial charge on any atom is -0.480 e. The highest BCUT2D eigenvalue weighted by Crippen LogP contribution is 2.23. The molecule has 0 saturated carbocycles. The minimum absolute atomic E-state index is 0.236. The molecule has 3 unspecified atom stereocenters. The maximum Gasteiger partial charge on any atom is 0.320 e. The van der Waals surface area contributed by atoms with Crippen LogP contribution in [-0.2, 0) is 9.59 Å². The Kier molecular flexibility index (Phi) is 13.0. The van der Waals surface area contributed by atoms with Gasteiger partial charge in [-0.25, -0.2) is 0 Å². The van der Waals surface area contributed by atoms with E-state index < -0.39 is 5.97 Å². The third kappa shape index (κ3) is 7.95. The summed E-state index contributed by atoms with van der Waals surface area (Å²) in [5.74, 6) is -0.677. The molecule has 0 bridgehead atoms. The predicted octanol–water partition coefficient (Wildman–Crippen LogP) is 1.89. The highest BCUT2D eigenvalue weighted by molar-refractivity contribution is 5.73. The monoisotopic (exact) mass is 274 g/mol. The fourth-order valence-corrected chi connectivity index (χ4v) is 1.90. The summed E-state index contributed by atoms with van der Waals surface area (Å²) in [4.78, 5) is 22.2. The number of likely N-dealkylation sites (N-methyl/N-ethyl adjacent to an activating group) is 1. The molecular formula is C14H30N2O3. The van der Waals surface area contributed by atoms with Crippen LogP contribution >= 0.6 is 0 Å². The van der Waals surface area contributed by atoms with Gasteiger partial charge in [-0.15, -0.1) is 0 Å². The highest BCUT2D eigenvalue weighted by atomic mass is 16.4. The first-order valence-electron chi connectivity index (χ1n) is 7.13. The van der Waals surface area contributed by atoms with E-state index in [2.05, 4.69) is 6.92 Å². The molecule has 19 heavy (non-hydrogen) atoms. The standard InChI is InChI=1S/C8H15NO2.C4H9NO.C2H6/c1-3-6-4-5-7(8(10)11)9(6)2;1-2-4(5)3-6;1-2/h6-7H,3-5H2,1-2H3,(H,10,11);3-4H,2,5H2,1H3;1-2H3. The number of aliphatic carboxylic acids is 1. The summed E-state index contributed by atoms with van der Waals surface area (Å²) in [6, 6.07) is 0.000972. The van der Waals surface area contributed by atoms with Gasteiger partial charge in [0.2, 0.25) is 0 Å². The molecule has 0 aromatic carbocycles. The molecule has 0 amide bonds. The number of carbonyl (C=O) groups is 2. The average molecular weight is 274 g/mol. The largest absolute Gasteiger partial charge is 0.480 e. The molecule has 0 aromatic rings. The average Bonchev–Trinajstić information content (AvgIpc) is 2.82. The Morgan fingerprint density at radius 1 is 1.42 bits per heavy atom. The van der Waals surface area contributed by atoms with E-state index in [1.165, 1.54) is 0 Å². The summed E-state index contributed by atoms with van der Waals surface area (Å²) in [6.45, 7) is 7.98. The third-order valence-electron chi connectivity index (χ3n) is 3.24. The number of hydrogen-bond donors (Lipinski definition) is 2. The summed E-state index contributed by atoms with van der Waals surface area (Å²) in [5, 5.41) is 8.76. The maximum atomic E-state index is 10.6. The molecule has 1 saturated heterocycles. The highest BCUT2D eigenvalue weighted by Gasteiger charge is 2.33. The lowest BCUT2D eigenvalue weighted by atomic mass is 10.1. The van der Waals surface area contributed by atoms with Crippen molar-refractivity contribution < 1.29 is 14.7 Å². The van der Waals surface area contributed by atoms with Crippen LogP contribution in [-0.4, -0.2) is 47.4 Å². The van der Waals surface area contributed by atoms with Gasteiger partial charge in [-0.05, 0) is 32.7 Å². The zero-order valence-corrected chi connectivity index (χ0v) is 12.9. The van der Waals surface area contributed by atoms with Gasteiger partial charge in [0.15, 0.2) is 0 Å². The number of aldehydes is 1. The number of hydrogen-bond acceptors (Lipinski definition) is 4. The topological polar surface area (TPSA) is 83.6 Å². The van der Waals surface area contributed by atoms with Crippen LogP contribution in [0.5, 0.6) is 0 Å². The summed E-state index contributed by atoms with van der Waals surface area (Å²) < 4.78 is 0. The van der Waals surface area contributed by atoms with Crippen LogP contribution in [0.3, 0.4) is 0 Å². The number of likely N-dealkylation sites (tertiary alicyclic amines) is 1. The molecule has 1 aliphatic rings. The van der Waals surface area contributed by atoms with E-state index in [0.717, 1.165) is 32.0 Å². The summed E-state index contributed by atoms with van der Waals surface area (Å²) in [5.41, 5.74) is 5.10. The van der Waals surface area contributed by atoms with Crippen molar-refractivity contribution in [3.05, 3.63) is 0 Å². The molecule has 0 radical (unpaired) electrons. The van der Waals surface area contributed by atoms with Crippen molar-refractivity contribution in [1.29, 1.82) is 0 Å². The van der Waals surface area contributed by atoms with Crippen LogP contribution in [0, 0.1) is 0 Å². The van der Waals surface area contributed by atoms with Crippen LogP contribution in [0.4, 0.5) is 0 Å². The minimum atomic E-state index is -0.677. The molecule has 5 nitrogen and oxygen atoms in total. The lowest BCUT2D eigenvalue weighted by Crippen LogP contribution is -2.37. The van der Waals surface area contributed by atoms with Crippen LogP contribution in [0.15, 0.2) is 0 Å². The third-order valence-corrected chi connectivity index (χ3v) is 3.24. The molecular weight excluding hydrogens is 244 g/mol. The van der Waals surface area contributed by atoms with E-state index in [0.29, 0.717) is 6.04 Å². The smallest absolute Gasteiger partial charge is 0.320 e. The summed E-state index contributed by atoms with van der Waals surface area (Å²) >= 11 is 0. The van der Waals surface area contributed by atoms with Crippen molar-refractivity contribution in [2.45, 2.75) is 71.5 Å². The van der Waals surface area contributed by atoms with Crippen molar-refractivity contribution in [3.63, 3.8) is 0 Å². The zero-order valence-electron chi connectivity index (χ0n) is 12.9. The molecule has 1 fully saturated rings. The Labute approximate surface area is 117 Å². The fourth-order valence-electron chi connectivity index (χ4n) is 1.90. The molecule has 5 heteroatoms. The van der Waals surface area contributed by atoms with Gasteiger partial charge in [-0.3, -0.25) is 9.69 Å². The second-order valence-electron chi connectivity index (χ2n) is 4.37. The van der Waals surface area contributed by atoms with Gasteiger partial charge in [0.1, 0.15) is 12.3 Å². The summed E-state index contributed by atoms with van der Waals surface area (Å²) in [6.07, 6.45) is 4.39. The molecule has 114 valence electrons. The lowest BCUT2D eigenvalue weighted by Gasteiger charge is -2.21. The van der Waals surface area contributed by atoms with Crippen molar-refractivity contribution in [2.24, 2.45) is 5.73 Å². The molecule has 0 spiro atoms. The molecule has 1 rings (SSSR count). The van der Waals surface area contributed by atoms with Crippen LogP contribution in [0.25, 0.3) is 0 Å². The molecule has 3 N–H and O–H groups in total. The number of nitrogens with zero attached hydrogens (tertiary/aromatic N) is 1. The van der Waals surface area contributed by atoms with Gasteiger partial charge in [-0.2, -0.15) is 0 Å². The second kappa shape index (κ2) is 12.1. The number of carboxylic acids is 1. The van der Waals surface area contributed by atoms with E-state index in [1.54, 1.807) is 0 Å². The zero-order chi connectivity index (χ0) is 15.4. The van der Waals surface area contributed by atoms with Gasteiger partial charge >= 0.3 is 5.97 Å². The second-order valence-corrected chi connectivity index (χ2v) is 4.37. The van der Waals surface area contributed by atoms with Gasteiger partial charge in [0.25, 0.3) is 0 Å². The number of carboxylic acid groups (broad SMARTS) is 1. The Morgan fingerprint density at radius 3 is 2.11 bits per heavy atom. The van der Waals surface area contributed by atoms with Gasteiger partial charge in [-0.1, -0.05) is 27.7 Å². The van der Waals surface area contributed by atoms with Crippen LogP contribution in [0.2, 0.25) is 0 Å². The Hall–Kier alpha value is -0.940. The molecule has 1 aliphatic heterocycles. The van der Waals surface area contributed by atoms with E-state index in [9.17, 15) is 9.59 Å². The molecule has 0 aliphatic carbocycles. The first kappa shape index (κ1) is 20.4. The first-order valence-corrected chi connectivity index (χ1v) is 7.13. The molecule has 1 heterocycles. The quantitative estimate of drug-likeness (QED) is 0.765. The van der Waals surface area contributed by atoms with Crippen molar-refractivity contribution in [2.75, 3.05) is 7.05 Å². The van der Waals surface area contributed by atoms with Crippen molar-refractivity contribution in [3.8, 4) is 0 Å². The molecule has 0 aromatic heterocycles. The maximum absolute atomic E-state index is 10.6. The SMILES string of the molecule is CC.CCC(N)C=O.CCC1CCC(C(=O)O)N1C. The van der Waals surface area contributed by atoms with Crippen LogP contribution in [0.1, 0.15) is 53.4 Å². The number of carbonyl (C=O) groups excluding carboxylic acids is 1. The van der Waals surface area contributed by atoms with Crippen molar-refractivity contribution in [1.82, 2.24) is 4.90 Å². The lowest BCUT2D eigenvalue weighted by molar-refractivity contribution is -0.142. The van der Waals surface area contributed by atoms with E-state index in [4.69, 9.17) is 10.8 Å². The van der Waals surface area contributed by atoms with Gasteiger partial charge in [0, 0.05) is 6.04 Å². The van der Waals surface area contributed by atoms with Gasteiger partial charge < -0.3 is 15.6 Å². The Bertz CT molecular complexity index is 247.